The van der Waals surface area contributed by atoms with Crippen molar-refractivity contribution in [2.24, 2.45) is 0 Å². The number of amides is 3. The highest BCUT2D eigenvalue weighted by atomic mass is 32.2. The van der Waals surface area contributed by atoms with Gasteiger partial charge in [0.25, 0.3) is 5.91 Å². The maximum Gasteiger partial charge on any atom is 0.251 e. The topological polar surface area (TPSA) is 78.5 Å². The number of nitrogens with one attached hydrogen (secondary N) is 2. The van der Waals surface area contributed by atoms with Gasteiger partial charge in [0.15, 0.2) is 0 Å². The zero-order chi connectivity index (χ0) is 19.8. The number of nitrogens with zero attached hydrogens (tertiary/aromatic N) is 1. The Morgan fingerprint density at radius 1 is 1.14 bits per heavy atom. The predicted octanol–water partition coefficient (Wildman–Crippen LogP) is 2.65. The minimum atomic E-state index is -0.304. The molecule has 1 saturated heterocycles. The first-order valence-electron chi connectivity index (χ1n) is 9.19. The Labute approximate surface area is 172 Å². The first-order chi connectivity index (χ1) is 13.6. The average molecular weight is 418 g/mol. The monoisotopic (exact) mass is 417 g/mol. The standard InChI is InChI=1S/C20H23N3O3S2/c24-18(21-9-12-27-14-17-3-2-11-28-17)13-22-20(26)15-5-7-16(8-6-15)23-10-1-4-19(23)25/h2-3,5-8,11H,1,4,9-10,12-14H2,(H,21,24)(H,22,26). The van der Waals surface area contributed by atoms with E-state index in [2.05, 4.69) is 22.1 Å². The molecule has 0 unspecified atom stereocenters. The van der Waals surface area contributed by atoms with E-state index in [4.69, 9.17) is 0 Å². The van der Waals surface area contributed by atoms with Crippen LogP contribution in [0.15, 0.2) is 41.8 Å². The fourth-order valence-electron chi connectivity index (χ4n) is 2.87. The lowest BCUT2D eigenvalue weighted by atomic mass is 10.2. The van der Waals surface area contributed by atoms with E-state index in [1.54, 1.807) is 52.3 Å². The van der Waals surface area contributed by atoms with Gasteiger partial charge in [0, 0.05) is 47.1 Å². The number of thioether (sulfide) groups is 1. The van der Waals surface area contributed by atoms with Crippen molar-refractivity contribution in [3.05, 3.63) is 52.2 Å². The zero-order valence-corrected chi connectivity index (χ0v) is 17.1. The van der Waals surface area contributed by atoms with Crippen molar-refractivity contribution >= 4 is 46.5 Å². The van der Waals surface area contributed by atoms with Gasteiger partial charge >= 0.3 is 0 Å². The molecule has 1 aliphatic rings. The van der Waals surface area contributed by atoms with E-state index in [0.29, 0.717) is 18.5 Å². The fraction of sp³-hybridized carbons (Fsp3) is 0.350. The second-order valence-corrected chi connectivity index (χ2v) is 8.50. The molecule has 148 valence electrons. The van der Waals surface area contributed by atoms with Gasteiger partial charge in [-0.25, -0.2) is 0 Å². The summed E-state index contributed by atoms with van der Waals surface area (Å²) in [5.74, 6) is 1.38. The van der Waals surface area contributed by atoms with Crippen molar-refractivity contribution in [3.8, 4) is 0 Å². The van der Waals surface area contributed by atoms with Crippen molar-refractivity contribution in [1.82, 2.24) is 10.6 Å². The highest BCUT2D eigenvalue weighted by molar-refractivity contribution is 7.98. The van der Waals surface area contributed by atoms with Gasteiger partial charge in [-0.1, -0.05) is 6.07 Å². The molecule has 2 N–H and O–H groups in total. The molecule has 1 fully saturated rings. The maximum absolute atomic E-state index is 12.2. The third-order valence-corrected chi connectivity index (χ3v) is 6.38. The lowest BCUT2D eigenvalue weighted by Gasteiger charge is -2.15. The molecule has 8 heteroatoms. The molecule has 0 atom stereocenters. The Kier molecular flexibility index (Phi) is 7.50. The van der Waals surface area contributed by atoms with Crippen molar-refractivity contribution in [2.45, 2.75) is 18.6 Å². The van der Waals surface area contributed by atoms with Gasteiger partial charge < -0.3 is 15.5 Å². The Hall–Kier alpha value is -2.32. The number of rotatable bonds is 9. The van der Waals surface area contributed by atoms with Crippen LogP contribution < -0.4 is 15.5 Å². The zero-order valence-electron chi connectivity index (χ0n) is 15.5. The molecule has 3 amide bonds. The van der Waals surface area contributed by atoms with Crippen LogP contribution in [0.3, 0.4) is 0 Å². The summed E-state index contributed by atoms with van der Waals surface area (Å²) in [6.07, 6.45) is 1.44. The molecular weight excluding hydrogens is 394 g/mol. The van der Waals surface area contributed by atoms with Crippen LogP contribution in [0.25, 0.3) is 0 Å². The van der Waals surface area contributed by atoms with Gasteiger partial charge in [-0.05, 0) is 42.1 Å². The van der Waals surface area contributed by atoms with Gasteiger partial charge in [-0.15, -0.1) is 11.3 Å². The summed E-state index contributed by atoms with van der Waals surface area (Å²) in [6, 6.07) is 11.0. The molecule has 0 aliphatic carbocycles. The summed E-state index contributed by atoms with van der Waals surface area (Å²) >= 11 is 3.50. The van der Waals surface area contributed by atoms with Crippen molar-refractivity contribution in [2.75, 3.05) is 30.3 Å². The smallest absolute Gasteiger partial charge is 0.251 e. The van der Waals surface area contributed by atoms with Gasteiger partial charge in [-0.2, -0.15) is 11.8 Å². The van der Waals surface area contributed by atoms with Crippen molar-refractivity contribution in [1.29, 1.82) is 0 Å². The van der Waals surface area contributed by atoms with Crippen molar-refractivity contribution < 1.29 is 14.4 Å². The Balaban J connectivity index is 1.34. The number of carbonyl (C=O) groups is 3. The number of hydrogen-bond donors (Lipinski definition) is 2. The minimum Gasteiger partial charge on any atom is -0.354 e. The Morgan fingerprint density at radius 3 is 2.64 bits per heavy atom. The van der Waals surface area contributed by atoms with Crippen LogP contribution in [0.5, 0.6) is 0 Å². The number of thiophene rings is 1. The van der Waals surface area contributed by atoms with Crippen LogP contribution in [-0.2, 0) is 15.3 Å². The van der Waals surface area contributed by atoms with E-state index >= 15 is 0 Å². The van der Waals surface area contributed by atoms with E-state index in [9.17, 15) is 14.4 Å². The third kappa shape index (κ3) is 5.84. The molecule has 6 nitrogen and oxygen atoms in total. The van der Waals surface area contributed by atoms with Crippen LogP contribution in [0.4, 0.5) is 5.69 Å². The van der Waals surface area contributed by atoms with Gasteiger partial charge in [0.05, 0.1) is 6.54 Å². The second-order valence-electron chi connectivity index (χ2n) is 6.36. The van der Waals surface area contributed by atoms with E-state index in [-0.39, 0.29) is 24.3 Å². The minimum absolute atomic E-state index is 0.0548. The summed E-state index contributed by atoms with van der Waals surface area (Å²) < 4.78 is 0. The number of benzene rings is 1. The van der Waals surface area contributed by atoms with Gasteiger partial charge in [-0.3, -0.25) is 14.4 Å². The predicted molar refractivity (Wildman–Crippen MR) is 114 cm³/mol. The summed E-state index contributed by atoms with van der Waals surface area (Å²) in [4.78, 5) is 38.8. The highest BCUT2D eigenvalue weighted by Gasteiger charge is 2.21. The molecule has 0 saturated carbocycles. The average Bonchev–Trinajstić information content (AvgIpc) is 3.37. The van der Waals surface area contributed by atoms with E-state index < -0.39 is 0 Å². The van der Waals surface area contributed by atoms with E-state index in [1.807, 2.05) is 6.07 Å². The third-order valence-electron chi connectivity index (χ3n) is 4.32. The molecule has 0 bridgehead atoms. The SMILES string of the molecule is O=C(CNC(=O)c1ccc(N2CCCC2=O)cc1)NCCSCc1cccs1. The van der Waals surface area contributed by atoms with Crippen LogP contribution >= 0.6 is 23.1 Å². The van der Waals surface area contributed by atoms with Gasteiger partial charge in [0.2, 0.25) is 11.8 Å². The molecule has 1 aromatic carbocycles. The second kappa shape index (κ2) is 10.3. The van der Waals surface area contributed by atoms with E-state index in [1.165, 1.54) is 4.88 Å². The van der Waals surface area contributed by atoms with Crippen LogP contribution in [0, 0.1) is 0 Å². The molecule has 3 rings (SSSR count). The molecule has 1 aromatic heterocycles. The lowest BCUT2D eigenvalue weighted by Crippen LogP contribution is -2.37. The summed E-state index contributed by atoms with van der Waals surface area (Å²) in [6.45, 7) is 1.24. The Morgan fingerprint density at radius 2 is 1.96 bits per heavy atom. The first kappa shape index (κ1) is 20.4. The molecule has 2 aromatic rings. The maximum atomic E-state index is 12.2. The van der Waals surface area contributed by atoms with Crippen LogP contribution in [0.1, 0.15) is 28.1 Å². The van der Waals surface area contributed by atoms with Crippen LogP contribution in [-0.4, -0.2) is 43.1 Å². The normalized spacial score (nSPS) is 13.6. The molecule has 2 heterocycles. The van der Waals surface area contributed by atoms with E-state index in [0.717, 1.165) is 30.2 Å². The molecular formula is C20H23N3O3S2. The summed E-state index contributed by atoms with van der Waals surface area (Å²) in [7, 11) is 0. The molecule has 0 spiro atoms. The highest BCUT2D eigenvalue weighted by Crippen LogP contribution is 2.21. The largest absolute Gasteiger partial charge is 0.354 e. The van der Waals surface area contributed by atoms with Gasteiger partial charge in [0.1, 0.15) is 0 Å². The molecule has 28 heavy (non-hydrogen) atoms. The van der Waals surface area contributed by atoms with Crippen LogP contribution in [0.2, 0.25) is 0 Å². The number of carbonyl (C=O) groups excluding carboxylic acids is 3. The number of anilines is 1. The molecule has 1 aliphatic heterocycles. The number of hydrogen-bond acceptors (Lipinski definition) is 5. The first-order valence-corrected chi connectivity index (χ1v) is 11.2. The summed E-state index contributed by atoms with van der Waals surface area (Å²) in [5, 5.41) is 7.48. The summed E-state index contributed by atoms with van der Waals surface area (Å²) in [5.41, 5.74) is 1.27. The molecule has 0 radical (unpaired) electrons. The fourth-order valence-corrected chi connectivity index (χ4v) is 4.57. The Bertz CT molecular complexity index is 807. The quantitative estimate of drug-likeness (QED) is 0.615. The van der Waals surface area contributed by atoms with Crippen molar-refractivity contribution in [3.63, 3.8) is 0 Å². The lowest BCUT2D eigenvalue weighted by molar-refractivity contribution is -0.120.